The van der Waals surface area contributed by atoms with E-state index in [9.17, 15) is 4.39 Å². The zero-order valence-corrected chi connectivity index (χ0v) is 12.5. The number of nitrogens with zero attached hydrogens (tertiary/aromatic N) is 2. The molecule has 21 heavy (non-hydrogen) atoms. The van der Waals surface area contributed by atoms with Gasteiger partial charge >= 0.3 is 0 Å². The summed E-state index contributed by atoms with van der Waals surface area (Å²) in [7, 11) is 0. The number of hydrogen-bond acceptors (Lipinski definition) is 4. The van der Waals surface area contributed by atoms with Crippen LogP contribution in [0, 0.1) is 5.82 Å². The minimum Gasteiger partial charge on any atom is -0.370 e. The van der Waals surface area contributed by atoms with Gasteiger partial charge in [-0.1, -0.05) is 25.1 Å². The predicted octanol–water partition coefficient (Wildman–Crippen LogP) is 3.26. The normalized spacial score (nSPS) is 10.4. The maximum absolute atomic E-state index is 13.6. The van der Waals surface area contributed by atoms with Crippen molar-refractivity contribution >= 4 is 11.6 Å². The number of benzene rings is 1. The highest BCUT2D eigenvalue weighted by Crippen LogP contribution is 2.20. The van der Waals surface area contributed by atoms with Gasteiger partial charge in [0.05, 0.1) is 0 Å². The summed E-state index contributed by atoms with van der Waals surface area (Å²) in [4.78, 5) is 8.55. The van der Waals surface area contributed by atoms with Crippen LogP contribution in [0.3, 0.4) is 0 Å². The Morgan fingerprint density at radius 3 is 2.43 bits per heavy atom. The van der Waals surface area contributed by atoms with Gasteiger partial charge in [-0.3, -0.25) is 0 Å². The largest absolute Gasteiger partial charge is 0.370 e. The number of halogens is 1. The third kappa shape index (κ3) is 3.90. The minimum absolute atomic E-state index is 0.161. The van der Waals surface area contributed by atoms with Crippen LogP contribution in [0.15, 0.2) is 30.6 Å². The standard InChI is InChI=1S/C16H21FN4/c1-3-13-15(18-4-2)20-11-21-16(13)19-10-9-12-7-5-6-8-14(12)17/h5-8,11H,3-4,9-10H2,1-2H3,(H2,18,19,20,21). The van der Waals surface area contributed by atoms with Crippen LogP contribution in [-0.4, -0.2) is 23.1 Å². The van der Waals surface area contributed by atoms with Crippen molar-refractivity contribution in [1.29, 1.82) is 0 Å². The quantitative estimate of drug-likeness (QED) is 0.821. The molecule has 0 amide bonds. The summed E-state index contributed by atoms with van der Waals surface area (Å²) in [6, 6.07) is 6.85. The Hall–Kier alpha value is -2.17. The van der Waals surface area contributed by atoms with Crippen molar-refractivity contribution in [3.63, 3.8) is 0 Å². The van der Waals surface area contributed by atoms with Gasteiger partial charge in [0.15, 0.2) is 0 Å². The summed E-state index contributed by atoms with van der Waals surface area (Å²) in [6.07, 6.45) is 3.00. The molecule has 0 aliphatic rings. The molecule has 2 aromatic rings. The van der Waals surface area contributed by atoms with E-state index in [0.717, 1.165) is 30.2 Å². The fourth-order valence-corrected chi connectivity index (χ4v) is 2.24. The third-order valence-corrected chi connectivity index (χ3v) is 3.29. The zero-order chi connectivity index (χ0) is 15.1. The summed E-state index contributed by atoms with van der Waals surface area (Å²) < 4.78 is 13.6. The van der Waals surface area contributed by atoms with E-state index in [2.05, 4.69) is 27.5 Å². The molecule has 0 aliphatic carbocycles. The zero-order valence-electron chi connectivity index (χ0n) is 12.5. The SMILES string of the molecule is CCNc1ncnc(NCCc2ccccc2F)c1CC. The van der Waals surface area contributed by atoms with Crippen molar-refractivity contribution in [3.8, 4) is 0 Å². The smallest absolute Gasteiger partial charge is 0.134 e. The first kappa shape index (κ1) is 15.2. The lowest BCUT2D eigenvalue weighted by molar-refractivity contribution is 0.610. The van der Waals surface area contributed by atoms with E-state index >= 15 is 0 Å². The highest BCUT2D eigenvalue weighted by molar-refractivity contribution is 5.57. The number of anilines is 2. The van der Waals surface area contributed by atoms with Gasteiger partial charge in [0, 0.05) is 18.7 Å². The van der Waals surface area contributed by atoms with Gasteiger partial charge in [-0.05, 0) is 31.4 Å². The van der Waals surface area contributed by atoms with E-state index in [1.54, 1.807) is 12.4 Å². The first-order valence-electron chi connectivity index (χ1n) is 7.31. The van der Waals surface area contributed by atoms with Gasteiger partial charge < -0.3 is 10.6 Å². The summed E-state index contributed by atoms with van der Waals surface area (Å²) in [5.74, 6) is 1.52. The second kappa shape index (κ2) is 7.57. The topological polar surface area (TPSA) is 49.8 Å². The third-order valence-electron chi connectivity index (χ3n) is 3.29. The lowest BCUT2D eigenvalue weighted by Gasteiger charge is -2.13. The van der Waals surface area contributed by atoms with E-state index in [1.165, 1.54) is 6.07 Å². The molecule has 0 saturated carbocycles. The molecule has 4 nitrogen and oxygen atoms in total. The lowest BCUT2D eigenvalue weighted by Crippen LogP contribution is -2.12. The predicted molar refractivity (Wildman–Crippen MR) is 84.2 cm³/mol. The Balaban J connectivity index is 2.03. The molecule has 2 N–H and O–H groups in total. The number of aromatic nitrogens is 2. The van der Waals surface area contributed by atoms with Crippen LogP contribution in [0.1, 0.15) is 25.0 Å². The van der Waals surface area contributed by atoms with Gasteiger partial charge in [0.2, 0.25) is 0 Å². The molecular formula is C16H21FN4. The van der Waals surface area contributed by atoms with Gasteiger partial charge in [0.1, 0.15) is 23.8 Å². The van der Waals surface area contributed by atoms with Crippen molar-refractivity contribution in [2.45, 2.75) is 26.7 Å². The summed E-state index contributed by atoms with van der Waals surface area (Å²) in [6.45, 7) is 5.56. The molecule has 0 aliphatic heterocycles. The molecule has 0 atom stereocenters. The average Bonchev–Trinajstić information content (AvgIpc) is 2.50. The molecule has 0 unspecified atom stereocenters. The summed E-state index contributed by atoms with van der Waals surface area (Å²) >= 11 is 0. The highest BCUT2D eigenvalue weighted by atomic mass is 19.1. The van der Waals surface area contributed by atoms with Crippen LogP contribution in [0.2, 0.25) is 0 Å². The molecule has 2 rings (SSSR count). The van der Waals surface area contributed by atoms with E-state index in [4.69, 9.17) is 0 Å². The minimum atomic E-state index is -0.161. The van der Waals surface area contributed by atoms with Crippen LogP contribution in [-0.2, 0) is 12.8 Å². The highest BCUT2D eigenvalue weighted by Gasteiger charge is 2.09. The molecule has 0 saturated heterocycles. The fourth-order valence-electron chi connectivity index (χ4n) is 2.24. The number of rotatable bonds is 7. The first-order chi connectivity index (χ1) is 10.3. The van der Waals surface area contributed by atoms with Crippen molar-refractivity contribution in [3.05, 3.63) is 47.5 Å². The molecule has 5 heteroatoms. The molecular weight excluding hydrogens is 267 g/mol. The molecule has 0 bridgehead atoms. The number of nitrogens with one attached hydrogen (secondary N) is 2. The van der Waals surface area contributed by atoms with Gasteiger partial charge in [-0.25, -0.2) is 14.4 Å². The first-order valence-corrected chi connectivity index (χ1v) is 7.31. The van der Waals surface area contributed by atoms with Crippen LogP contribution in [0.5, 0.6) is 0 Å². The van der Waals surface area contributed by atoms with Crippen molar-refractivity contribution in [2.24, 2.45) is 0 Å². The Kier molecular flexibility index (Phi) is 5.49. The van der Waals surface area contributed by atoms with E-state index < -0.39 is 0 Å². The van der Waals surface area contributed by atoms with Crippen molar-refractivity contribution < 1.29 is 4.39 Å². The van der Waals surface area contributed by atoms with Crippen LogP contribution < -0.4 is 10.6 Å². The molecule has 1 heterocycles. The van der Waals surface area contributed by atoms with Crippen molar-refractivity contribution in [1.82, 2.24) is 9.97 Å². The molecule has 0 radical (unpaired) electrons. The molecule has 1 aromatic carbocycles. The van der Waals surface area contributed by atoms with E-state index in [-0.39, 0.29) is 5.82 Å². The lowest BCUT2D eigenvalue weighted by atomic mass is 10.1. The van der Waals surface area contributed by atoms with Crippen LogP contribution in [0.4, 0.5) is 16.0 Å². The molecule has 112 valence electrons. The van der Waals surface area contributed by atoms with E-state index in [1.807, 2.05) is 19.1 Å². The fraction of sp³-hybridized carbons (Fsp3) is 0.375. The van der Waals surface area contributed by atoms with E-state index in [0.29, 0.717) is 18.5 Å². The summed E-state index contributed by atoms with van der Waals surface area (Å²) in [5, 5.41) is 6.51. The maximum Gasteiger partial charge on any atom is 0.134 e. The second-order valence-electron chi connectivity index (χ2n) is 4.70. The molecule has 0 fully saturated rings. The van der Waals surface area contributed by atoms with Gasteiger partial charge in [0.25, 0.3) is 0 Å². The van der Waals surface area contributed by atoms with Gasteiger partial charge in [-0.15, -0.1) is 0 Å². The summed E-state index contributed by atoms with van der Waals surface area (Å²) in [5.41, 5.74) is 1.77. The average molecular weight is 288 g/mol. The Morgan fingerprint density at radius 2 is 1.76 bits per heavy atom. The molecule has 0 spiro atoms. The van der Waals surface area contributed by atoms with Crippen LogP contribution >= 0.6 is 0 Å². The van der Waals surface area contributed by atoms with Crippen LogP contribution in [0.25, 0.3) is 0 Å². The monoisotopic (exact) mass is 288 g/mol. The Bertz CT molecular complexity index is 586. The maximum atomic E-state index is 13.6. The van der Waals surface area contributed by atoms with Crippen molar-refractivity contribution in [2.75, 3.05) is 23.7 Å². The number of hydrogen-bond donors (Lipinski definition) is 2. The molecule has 1 aromatic heterocycles. The second-order valence-corrected chi connectivity index (χ2v) is 4.70. The van der Waals surface area contributed by atoms with Gasteiger partial charge in [-0.2, -0.15) is 0 Å². The Labute approximate surface area is 124 Å². The Morgan fingerprint density at radius 1 is 1.05 bits per heavy atom.